The molecular formula is C2H6NO3PS. The van der Waals surface area contributed by atoms with Gasteiger partial charge in [0, 0.05) is 6.92 Å². The van der Waals surface area contributed by atoms with E-state index < -0.39 is 12.6 Å². The average molecular weight is 155 g/mol. The topological polar surface area (TPSA) is 72.5 Å². The fraction of sp³-hybridized carbons (Fsp3) is 0.500. The van der Waals surface area contributed by atoms with E-state index in [0.717, 1.165) is 6.92 Å². The minimum absolute atomic E-state index is 0.654. The molecule has 4 nitrogen and oxygen atoms in total. The Bertz CT molecular complexity index is 140. The highest BCUT2D eigenvalue weighted by Crippen LogP contribution is 2.31. The highest BCUT2D eigenvalue weighted by molar-refractivity contribution is 8.08. The molecule has 0 fully saturated rings. The van der Waals surface area contributed by atoms with Gasteiger partial charge in [-0.05, 0) is 11.8 Å². The number of hydrogen-bond donors (Lipinski definition) is 2. The maximum Gasteiger partial charge on any atom is 0.309 e. The van der Waals surface area contributed by atoms with Crippen molar-refractivity contribution < 1.29 is 14.2 Å². The summed E-state index contributed by atoms with van der Waals surface area (Å²) in [5, 5.41) is 0. The first-order chi connectivity index (χ1) is 3.42. The number of hydrogen-bond acceptors (Lipinski definition) is 3. The summed E-state index contributed by atoms with van der Waals surface area (Å²) >= 11 is 4.16. The van der Waals surface area contributed by atoms with Gasteiger partial charge >= 0.3 is 12.6 Å². The first kappa shape index (κ1) is 8.04. The zero-order chi connectivity index (χ0) is 6.78. The molecule has 0 aromatic heterocycles. The molecule has 0 aromatic rings. The Kier molecular flexibility index (Phi) is 2.56. The van der Waals surface area contributed by atoms with Crippen LogP contribution in [0.25, 0.3) is 0 Å². The molecule has 6 heteroatoms. The Morgan fingerprint density at radius 2 is 2.38 bits per heavy atom. The second-order valence-electron chi connectivity index (χ2n) is 1.15. The highest BCUT2D eigenvalue weighted by Gasteiger charge is 2.07. The minimum Gasteiger partial charge on any atom is -0.401 e. The molecule has 8 heavy (non-hydrogen) atoms. The maximum atomic E-state index is 9.96. The van der Waals surface area contributed by atoms with Crippen molar-refractivity contribution in [3.05, 3.63) is 0 Å². The number of rotatable bonds is 1. The SMILES string of the molecule is CC(=O)OP(N)(O)=S. The van der Waals surface area contributed by atoms with Gasteiger partial charge in [-0.2, -0.15) is 0 Å². The van der Waals surface area contributed by atoms with Crippen LogP contribution in [0.1, 0.15) is 6.92 Å². The standard InChI is InChI=1S/C2H6NO3PS/c1-2(4)6-7(3,5)8/h1H3,(H3,3,5,8). The minimum atomic E-state index is -3.24. The van der Waals surface area contributed by atoms with Gasteiger partial charge in [0.05, 0.1) is 0 Å². The van der Waals surface area contributed by atoms with Crippen LogP contribution < -0.4 is 5.50 Å². The van der Waals surface area contributed by atoms with Crippen LogP contribution in [0.4, 0.5) is 0 Å². The predicted molar refractivity (Wildman–Crippen MR) is 32.5 cm³/mol. The molecule has 0 aliphatic carbocycles. The van der Waals surface area contributed by atoms with Crippen LogP contribution in [0.3, 0.4) is 0 Å². The molecule has 0 aliphatic heterocycles. The smallest absolute Gasteiger partial charge is 0.309 e. The molecule has 1 atom stereocenters. The summed E-state index contributed by atoms with van der Waals surface area (Å²) in [7, 11) is 0. The van der Waals surface area contributed by atoms with Crippen LogP contribution in [0.2, 0.25) is 0 Å². The number of carbonyl (C=O) groups excluding carboxylic acids is 1. The lowest BCUT2D eigenvalue weighted by atomic mass is 10.9. The zero-order valence-electron chi connectivity index (χ0n) is 4.20. The van der Waals surface area contributed by atoms with Crippen molar-refractivity contribution in [1.29, 1.82) is 0 Å². The number of nitrogens with two attached hydrogens (primary N) is 1. The van der Waals surface area contributed by atoms with Crippen LogP contribution >= 0.6 is 6.64 Å². The molecule has 0 spiro atoms. The van der Waals surface area contributed by atoms with Gasteiger partial charge in [-0.25, -0.2) is 5.50 Å². The van der Waals surface area contributed by atoms with Gasteiger partial charge < -0.3 is 9.42 Å². The normalized spacial score (nSPS) is 16.9. The second kappa shape index (κ2) is 2.55. The molecule has 0 saturated carbocycles. The summed E-state index contributed by atoms with van der Waals surface area (Å²) in [5.74, 6) is -0.654. The molecule has 0 saturated heterocycles. The summed E-state index contributed by atoms with van der Waals surface area (Å²) < 4.78 is 4.06. The van der Waals surface area contributed by atoms with Gasteiger partial charge in [0.2, 0.25) is 0 Å². The Morgan fingerprint density at radius 1 is 2.00 bits per heavy atom. The van der Waals surface area contributed by atoms with E-state index in [-0.39, 0.29) is 0 Å². The van der Waals surface area contributed by atoms with Crippen molar-refractivity contribution in [1.82, 2.24) is 0 Å². The lowest BCUT2D eigenvalue weighted by Gasteiger charge is -2.05. The van der Waals surface area contributed by atoms with Crippen molar-refractivity contribution in [3.8, 4) is 0 Å². The van der Waals surface area contributed by atoms with E-state index in [9.17, 15) is 4.79 Å². The molecule has 1 unspecified atom stereocenters. The van der Waals surface area contributed by atoms with E-state index in [1.54, 1.807) is 0 Å². The average Bonchev–Trinajstić information content (AvgIpc) is 1.21. The Balaban J connectivity index is 3.74. The highest BCUT2D eigenvalue weighted by atomic mass is 32.5. The van der Waals surface area contributed by atoms with Gasteiger partial charge in [-0.15, -0.1) is 0 Å². The van der Waals surface area contributed by atoms with E-state index in [1.165, 1.54) is 0 Å². The van der Waals surface area contributed by atoms with Crippen LogP contribution in [0.5, 0.6) is 0 Å². The van der Waals surface area contributed by atoms with Gasteiger partial charge in [-0.3, -0.25) is 4.79 Å². The van der Waals surface area contributed by atoms with Crippen molar-refractivity contribution in [3.63, 3.8) is 0 Å². The lowest BCUT2D eigenvalue weighted by molar-refractivity contribution is -0.131. The molecule has 0 aromatic carbocycles. The van der Waals surface area contributed by atoms with Gasteiger partial charge in [0.25, 0.3) is 0 Å². The third-order valence-electron chi connectivity index (χ3n) is 0.259. The van der Waals surface area contributed by atoms with Gasteiger partial charge in [0.1, 0.15) is 0 Å². The number of carbonyl (C=O) groups is 1. The summed E-state index contributed by atoms with van der Waals surface area (Å²) in [6, 6.07) is 0. The predicted octanol–water partition coefficient (Wildman–Crippen LogP) is -0.275. The molecule has 0 heterocycles. The Hall–Kier alpha value is 0.0400. The van der Waals surface area contributed by atoms with Crippen LogP contribution in [0, 0.1) is 0 Å². The van der Waals surface area contributed by atoms with Crippen molar-refractivity contribution in [2.24, 2.45) is 5.50 Å². The molecule has 3 N–H and O–H groups in total. The van der Waals surface area contributed by atoms with Gasteiger partial charge in [-0.1, -0.05) is 0 Å². The summed E-state index contributed by atoms with van der Waals surface area (Å²) in [6.07, 6.45) is 0. The van der Waals surface area contributed by atoms with E-state index in [1.807, 2.05) is 0 Å². The van der Waals surface area contributed by atoms with Crippen LogP contribution in [-0.2, 0) is 21.1 Å². The third-order valence-corrected chi connectivity index (χ3v) is 1.00. The van der Waals surface area contributed by atoms with E-state index >= 15 is 0 Å². The third kappa shape index (κ3) is 6.04. The molecular weight excluding hydrogens is 149 g/mol. The molecule has 0 bridgehead atoms. The molecule has 0 radical (unpaired) electrons. The summed E-state index contributed by atoms with van der Waals surface area (Å²) in [4.78, 5) is 18.4. The zero-order valence-corrected chi connectivity index (χ0v) is 5.91. The van der Waals surface area contributed by atoms with Crippen molar-refractivity contribution >= 4 is 24.4 Å². The molecule has 48 valence electrons. The first-order valence-corrected chi connectivity index (χ1v) is 4.47. The summed E-state index contributed by atoms with van der Waals surface area (Å²) in [6.45, 7) is -2.11. The molecule has 0 aliphatic rings. The Labute approximate surface area is 51.9 Å². The van der Waals surface area contributed by atoms with E-state index in [2.05, 4.69) is 16.3 Å². The monoisotopic (exact) mass is 155 g/mol. The first-order valence-electron chi connectivity index (χ1n) is 1.73. The quantitative estimate of drug-likeness (QED) is 0.510. The fourth-order valence-corrected chi connectivity index (χ4v) is 0.867. The van der Waals surface area contributed by atoms with Gasteiger partial charge in [0.15, 0.2) is 0 Å². The molecule has 0 rings (SSSR count). The molecule has 0 amide bonds. The van der Waals surface area contributed by atoms with Crippen LogP contribution in [-0.4, -0.2) is 10.9 Å². The maximum absolute atomic E-state index is 9.96. The van der Waals surface area contributed by atoms with Crippen molar-refractivity contribution in [2.75, 3.05) is 0 Å². The van der Waals surface area contributed by atoms with Crippen molar-refractivity contribution in [2.45, 2.75) is 6.92 Å². The lowest BCUT2D eigenvalue weighted by Crippen LogP contribution is -2.01. The Morgan fingerprint density at radius 3 is 2.38 bits per heavy atom. The van der Waals surface area contributed by atoms with E-state index in [4.69, 9.17) is 10.4 Å². The fourth-order valence-electron chi connectivity index (χ4n) is 0.184. The van der Waals surface area contributed by atoms with E-state index in [0.29, 0.717) is 0 Å². The largest absolute Gasteiger partial charge is 0.401 e. The second-order valence-corrected chi connectivity index (χ2v) is 4.03. The van der Waals surface area contributed by atoms with Crippen LogP contribution in [0.15, 0.2) is 0 Å². The summed E-state index contributed by atoms with van der Waals surface area (Å²) in [5.41, 5.74) is 4.77.